The highest BCUT2D eigenvalue weighted by Crippen LogP contribution is 2.43. The fraction of sp³-hybridized carbons (Fsp3) is 0.267. The van der Waals surface area contributed by atoms with Gasteiger partial charge in [0.05, 0.1) is 31.7 Å². The molecule has 0 aromatic heterocycles. The van der Waals surface area contributed by atoms with Gasteiger partial charge >= 0.3 is 0 Å². The van der Waals surface area contributed by atoms with Gasteiger partial charge in [0.1, 0.15) is 0 Å². The molecule has 2 amide bonds. The predicted octanol–water partition coefficient (Wildman–Crippen LogP) is 3.02. The third-order valence-corrected chi connectivity index (χ3v) is 6.97. The molecule has 2 saturated heterocycles. The van der Waals surface area contributed by atoms with E-state index in [1.807, 2.05) is 72.8 Å². The molecule has 3 aromatic rings. The summed E-state index contributed by atoms with van der Waals surface area (Å²) in [6.45, 7) is 0.460. The Labute approximate surface area is 206 Å². The molecule has 5 heteroatoms. The van der Waals surface area contributed by atoms with Crippen molar-refractivity contribution in [2.24, 2.45) is 0 Å². The van der Waals surface area contributed by atoms with Crippen molar-refractivity contribution in [1.29, 1.82) is 0 Å². The quantitative estimate of drug-likeness (QED) is 0.591. The lowest BCUT2D eigenvalue weighted by atomic mass is 9.73. The number of piperazine rings is 1. The first kappa shape index (κ1) is 22.9. The number of aliphatic hydroxyl groups excluding tert-OH is 1. The molecular formula is C30H28N2O3. The van der Waals surface area contributed by atoms with Crippen LogP contribution in [0.4, 0.5) is 0 Å². The first-order valence-electron chi connectivity index (χ1n) is 12.0. The Bertz CT molecular complexity index is 1250. The molecule has 2 aliphatic rings. The van der Waals surface area contributed by atoms with Crippen LogP contribution in [0.15, 0.2) is 84.9 Å². The zero-order valence-electron chi connectivity index (χ0n) is 19.5. The van der Waals surface area contributed by atoms with Gasteiger partial charge in [-0.2, -0.15) is 0 Å². The van der Waals surface area contributed by atoms with Crippen molar-refractivity contribution in [3.05, 3.63) is 107 Å². The Hall–Kier alpha value is -3.88. The van der Waals surface area contributed by atoms with Gasteiger partial charge in [-0.25, -0.2) is 0 Å². The molecule has 3 atom stereocenters. The van der Waals surface area contributed by atoms with Crippen LogP contribution < -0.4 is 0 Å². The van der Waals surface area contributed by atoms with Gasteiger partial charge in [0, 0.05) is 24.4 Å². The van der Waals surface area contributed by atoms with Gasteiger partial charge in [-0.15, -0.1) is 0 Å². The smallest absolute Gasteiger partial charge is 0.242 e. The van der Waals surface area contributed by atoms with Crippen molar-refractivity contribution in [1.82, 2.24) is 9.80 Å². The van der Waals surface area contributed by atoms with Crippen molar-refractivity contribution in [2.45, 2.75) is 30.8 Å². The third-order valence-electron chi connectivity index (χ3n) is 6.97. The van der Waals surface area contributed by atoms with Crippen molar-refractivity contribution in [3.8, 4) is 11.8 Å². The molecule has 0 saturated carbocycles. The standard InChI is InChI=1S/C30H28N2O3/c33-21-27-30(25-16-14-23(15-17-25)13-7-12-22-8-3-1-4-9-22)26-19-31(20-29(35)32(26)27)28(34)18-24-10-5-2-6-11-24/h1-6,8-11,14-17,26-27,30,33H,12,18-21H2/t26-,27+,30-/m0/s1. The third kappa shape index (κ3) is 4.84. The summed E-state index contributed by atoms with van der Waals surface area (Å²) in [6, 6.07) is 27.4. The summed E-state index contributed by atoms with van der Waals surface area (Å²) in [7, 11) is 0. The summed E-state index contributed by atoms with van der Waals surface area (Å²) >= 11 is 0. The van der Waals surface area contributed by atoms with Crippen LogP contribution in [0.25, 0.3) is 0 Å². The van der Waals surface area contributed by atoms with Gasteiger partial charge in [-0.05, 0) is 28.8 Å². The number of hydrogen-bond acceptors (Lipinski definition) is 3. The lowest BCUT2D eigenvalue weighted by molar-refractivity contribution is -0.166. The second-order valence-electron chi connectivity index (χ2n) is 9.17. The molecule has 0 aliphatic carbocycles. The van der Waals surface area contributed by atoms with E-state index in [0.717, 1.165) is 16.7 Å². The fourth-order valence-electron chi connectivity index (χ4n) is 5.20. The van der Waals surface area contributed by atoms with Crippen molar-refractivity contribution in [3.63, 3.8) is 0 Å². The second-order valence-corrected chi connectivity index (χ2v) is 9.17. The SMILES string of the molecule is O=C(Cc1ccccc1)N1CC(=O)N2[C@H](CO)[C@@H](c3ccc(C#CCc4ccccc4)cc3)[C@@H]2C1. The highest BCUT2D eigenvalue weighted by Gasteiger charge is 2.54. The summed E-state index contributed by atoms with van der Waals surface area (Å²) in [4.78, 5) is 29.2. The van der Waals surface area contributed by atoms with Crippen LogP contribution in [0.3, 0.4) is 0 Å². The second kappa shape index (κ2) is 10.2. The zero-order chi connectivity index (χ0) is 24.2. The van der Waals surface area contributed by atoms with E-state index in [4.69, 9.17) is 0 Å². The number of amides is 2. The first-order valence-corrected chi connectivity index (χ1v) is 12.0. The molecule has 2 aliphatic heterocycles. The Morgan fingerprint density at radius 1 is 0.914 bits per heavy atom. The molecule has 1 N–H and O–H groups in total. The Morgan fingerprint density at radius 3 is 2.23 bits per heavy atom. The Kier molecular flexibility index (Phi) is 6.65. The molecule has 2 fully saturated rings. The average molecular weight is 465 g/mol. The Balaban J connectivity index is 1.28. The fourth-order valence-corrected chi connectivity index (χ4v) is 5.20. The monoisotopic (exact) mass is 464 g/mol. The van der Waals surface area contributed by atoms with Crippen LogP contribution >= 0.6 is 0 Å². The molecule has 2 heterocycles. The highest BCUT2D eigenvalue weighted by atomic mass is 16.3. The molecular weight excluding hydrogens is 436 g/mol. The van der Waals surface area contributed by atoms with Gasteiger partial charge < -0.3 is 14.9 Å². The van der Waals surface area contributed by atoms with Crippen molar-refractivity contribution in [2.75, 3.05) is 19.7 Å². The van der Waals surface area contributed by atoms with Crippen molar-refractivity contribution >= 4 is 11.8 Å². The largest absolute Gasteiger partial charge is 0.394 e. The van der Waals surface area contributed by atoms with E-state index in [9.17, 15) is 14.7 Å². The summed E-state index contributed by atoms with van der Waals surface area (Å²) in [5, 5.41) is 10.0. The number of carbonyl (C=O) groups excluding carboxylic acids is 2. The van der Waals surface area contributed by atoms with E-state index >= 15 is 0 Å². The lowest BCUT2D eigenvalue weighted by Crippen LogP contribution is -2.73. The molecule has 0 bridgehead atoms. The van der Waals surface area contributed by atoms with E-state index in [-0.39, 0.29) is 49.4 Å². The van der Waals surface area contributed by atoms with E-state index in [1.54, 1.807) is 9.80 Å². The summed E-state index contributed by atoms with van der Waals surface area (Å²) in [5.41, 5.74) is 4.12. The highest BCUT2D eigenvalue weighted by molar-refractivity contribution is 5.88. The molecule has 176 valence electrons. The maximum atomic E-state index is 12.9. The number of aliphatic hydroxyl groups is 1. The topological polar surface area (TPSA) is 60.9 Å². The summed E-state index contributed by atoms with van der Waals surface area (Å²) < 4.78 is 0. The zero-order valence-corrected chi connectivity index (χ0v) is 19.5. The maximum absolute atomic E-state index is 12.9. The number of hydrogen-bond donors (Lipinski definition) is 1. The number of rotatable bonds is 5. The van der Waals surface area contributed by atoms with Crippen molar-refractivity contribution < 1.29 is 14.7 Å². The van der Waals surface area contributed by atoms with Gasteiger partial charge in [-0.1, -0.05) is 84.6 Å². The van der Waals surface area contributed by atoms with Crippen LogP contribution in [0.1, 0.15) is 28.2 Å². The van der Waals surface area contributed by atoms with Gasteiger partial charge in [-0.3, -0.25) is 9.59 Å². The first-order chi connectivity index (χ1) is 17.1. The van der Waals surface area contributed by atoms with Crippen LogP contribution in [-0.4, -0.2) is 58.5 Å². The van der Waals surface area contributed by atoms with Gasteiger partial charge in [0.25, 0.3) is 0 Å². The van der Waals surface area contributed by atoms with E-state index in [0.29, 0.717) is 13.0 Å². The molecule has 0 unspecified atom stereocenters. The van der Waals surface area contributed by atoms with Crippen LogP contribution in [0, 0.1) is 11.8 Å². The van der Waals surface area contributed by atoms with Gasteiger partial charge in [0.2, 0.25) is 11.8 Å². The normalized spacial score (nSPS) is 20.9. The van der Waals surface area contributed by atoms with Crippen LogP contribution in [0.2, 0.25) is 0 Å². The molecule has 5 rings (SSSR count). The van der Waals surface area contributed by atoms with Crippen LogP contribution in [0.5, 0.6) is 0 Å². The van der Waals surface area contributed by atoms with E-state index in [1.165, 1.54) is 5.56 Å². The molecule has 5 nitrogen and oxygen atoms in total. The number of benzene rings is 3. The predicted molar refractivity (Wildman–Crippen MR) is 134 cm³/mol. The van der Waals surface area contributed by atoms with E-state index in [2.05, 4.69) is 24.0 Å². The minimum Gasteiger partial charge on any atom is -0.394 e. The molecule has 35 heavy (non-hydrogen) atoms. The van der Waals surface area contributed by atoms with E-state index < -0.39 is 0 Å². The maximum Gasteiger partial charge on any atom is 0.242 e. The number of nitrogens with zero attached hydrogens (tertiary/aromatic N) is 2. The molecule has 0 spiro atoms. The molecule has 0 radical (unpaired) electrons. The number of carbonyl (C=O) groups is 2. The van der Waals surface area contributed by atoms with Crippen LogP contribution in [-0.2, 0) is 22.4 Å². The summed E-state index contributed by atoms with van der Waals surface area (Å²) in [6.07, 6.45) is 0.981. The average Bonchev–Trinajstić information content (AvgIpc) is 2.87. The lowest BCUT2D eigenvalue weighted by Gasteiger charge is -2.58. The minimum absolute atomic E-state index is 0.0115. The summed E-state index contributed by atoms with van der Waals surface area (Å²) in [5.74, 6) is 6.28. The molecule has 3 aromatic carbocycles. The van der Waals surface area contributed by atoms with Gasteiger partial charge in [0.15, 0.2) is 0 Å². The Morgan fingerprint density at radius 2 is 1.57 bits per heavy atom. The number of fused-ring (bicyclic) bond motifs is 1. The minimum atomic E-state index is -0.256.